The number of nitrogens with two attached hydrogens (primary N) is 1. The molecule has 0 saturated carbocycles. The molecule has 0 atom stereocenters. The maximum absolute atomic E-state index is 9.06. The van der Waals surface area contributed by atoms with Gasteiger partial charge in [0.15, 0.2) is 5.82 Å². The van der Waals surface area contributed by atoms with Crippen molar-refractivity contribution in [2.24, 2.45) is 0 Å². The Bertz CT molecular complexity index is 645. The van der Waals surface area contributed by atoms with Gasteiger partial charge in [-0.3, -0.25) is 0 Å². The molecule has 4 nitrogen and oxygen atoms in total. The summed E-state index contributed by atoms with van der Waals surface area (Å²) in [6.45, 7) is 1.76. The van der Waals surface area contributed by atoms with Crippen LogP contribution in [0.15, 0.2) is 36.5 Å². The summed E-state index contributed by atoms with van der Waals surface area (Å²) in [5.41, 5.74) is 9.83. The van der Waals surface area contributed by atoms with Crippen molar-refractivity contribution in [1.82, 2.24) is 4.98 Å². The molecule has 20 heavy (non-hydrogen) atoms. The Morgan fingerprint density at radius 2 is 1.75 bits per heavy atom. The molecule has 2 N–H and O–H groups in total. The molecule has 1 aliphatic rings. The molecule has 0 spiro atoms. The third kappa shape index (κ3) is 2.19. The van der Waals surface area contributed by atoms with Crippen LogP contribution in [0.4, 0.5) is 11.5 Å². The van der Waals surface area contributed by atoms with Gasteiger partial charge in [0.2, 0.25) is 0 Å². The smallest absolute Gasteiger partial charge is 0.153 e. The van der Waals surface area contributed by atoms with Crippen LogP contribution in [0.5, 0.6) is 0 Å². The highest BCUT2D eigenvalue weighted by atomic mass is 15.2. The number of pyridine rings is 1. The van der Waals surface area contributed by atoms with Gasteiger partial charge in [-0.2, -0.15) is 5.26 Å². The second kappa shape index (κ2) is 5.22. The minimum absolute atomic E-state index is 0.487. The Morgan fingerprint density at radius 1 is 1.10 bits per heavy atom. The largest absolute Gasteiger partial charge is 0.395 e. The molecule has 0 bridgehead atoms. The SMILES string of the molecule is N#Cc1ccnc(N2CCc3ccccc3CC2)c1N. The van der Waals surface area contributed by atoms with Gasteiger partial charge in [-0.05, 0) is 30.0 Å². The Labute approximate surface area is 118 Å². The van der Waals surface area contributed by atoms with Gasteiger partial charge >= 0.3 is 0 Å². The van der Waals surface area contributed by atoms with Crippen molar-refractivity contribution >= 4 is 11.5 Å². The Hall–Kier alpha value is -2.54. The van der Waals surface area contributed by atoms with Crippen molar-refractivity contribution in [1.29, 1.82) is 5.26 Å². The molecule has 1 aromatic carbocycles. The standard InChI is InChI=1S/C16H16N4/c17-11-14-5-8-19-16(15(14)18)20-9-6-12-3-1-2-4-13(12)7-10-20/h1-5,8H,6-7,9-10,18H2. The van der Waals surface area contributed by atoms with E-state index < -0.39 is 0 Å². The number of fused-ring (bicyclic) bond motifs is 1. The van der Waals surface area contributed by atoms with E-state index in [-0.39, 0.29) is 0 Å². The summed E-state index contributed by atoms with van der Waals surface area (Å²) >= 11 is 0. The molecule has 1 aliphatic heterocycles. The van der Waals surface area contributed by atoms with E-state index in [2.05, 4.69) is 40.2 Å². The van der Waals surface area contributed by atoms with E-state index in [1.54, 1.807) is 12.3 Å². The average molecular weight is 264 g/mol. The fourth-order valence-electron chi connectivity index (χ4n) is 2.69. The first-order valence-electron chi connectivity index (χ1n) is 6.76. The van der Waals surface area contributed by atoms with Crippen LogP contribution in [0, 0.1) is 11.3 Å². The lowest BCUT2D eigenvalue weighted by Crippen LogP contribution is -2.28. The lowest BCUT2D eigenvalue weighted by Gasteiger charge is -2.23. The molecule has 0 aliphatic carbocycles. The number of rotatable bonds is 1. The van der Waals surface area contributed by atoms with Crippen LogP contribution in [0.3, 0.4) is 0 Å². The van der Waals surface area contributed by atoms with E-state index in [9.17, 15) is 0 Å². The molecule has 2 heterocycles. The molecular weight excluding hydrogens is 248 g/mol. The van der Waals surface area contributed by atoms with Crippen molar-refractivity contribution in [3.05, 3.63) is 53.2 Å². The van der Waals surface area contributed by atoms with Crippen LogP contribution >= 0.6 is 0 Å². The van der Waals surface area contributed by atoms with E-state index in [4.69, 9.17) is 11.0 Å². The van der Waals surface area contributed by atoms with Gasteiger partial charge in [0, 0.05) is 19.3 Å². The molecule has 0 radical (unpaired) electrons. The topological polar surface area (TPSA) is 65.9 Å². The number of hydrogen-bond acceptors (Lipinski definition) is 4. The maximum atomic E-state index is 9.06. The second-order valence-electron chi connectivity index (χ2n) is 4.96. The van der Waals surface area contributed by atoms with Crippen LogP contribution in [0.2, 0.25) is 0 Å². The third-order valence-electron chi connectivity index (χ3n) is 3.81. The van der Waals surface area contributed by atoms with Crippen molar-refractivity contribution in [3.63, 3.8) is 0 Å². The van der Waals surface area contributed by atoms with Crippen molar-refractivity contribution in [3.8, 4) is 6.07 Å². The van der Waals surface area contributed by atoms with E-state index in [0.29, 0.717) is 11.3 Å². The maximum Gasteiger partial charge on any atom is 0.153 e. The summed E-state index contributed by atoms with van der Waals surface area (Å²) in [6.07, 6.45) is 3.62. The third-order valence-corrected chi connectivity index (χ3v) is 3.81. The number of aromatic nitrogens is 1. The highest BCUT2D eigenvalue weighted by Crippen LogP contribution is 2.26. The van der Waals surface area contributed by atoms with Gasteiger partial charge in [-0.1, -0.05) is 24.3 Å². The minimum atomic E-state index is 0.487. The van der Waals surface area contributed by atoms with Gasteiger partial charge < -0.3 is 10.6 Å². The monoisotopic (exact) mass is 264 g/mol. The van der Waals surface area contributed by atoms with Gasteiger partial charge in [-0.15, -0.1) is 0 Å². The predicted molar refractivity (Wildman–Crippen MR) is 79.4 cm³/mol. The lowest BCUT2D eigenvalue weighted by molar-refractivity contribution is 0.792. The zero-order valence-corrected chi connectivity index (χ0v) is 11.2. The highest BCUT2D eigenvalue weighted by Gasteiger charge is 2.18. The molecule has 0 fully saturated rings. The molecular formula is C16H16N4. The fourth-order valence-corrected chi connectivity index (χ4v) is 2.69. The van der Waals surface area contributed by atoms with E-state index in [0.717, 1.165) is 31.7 Å². The van der Waals surface area contributed by atoms with Gasteiger partial charge in [-0.25, -0.2) is 4.98 Å². The summed E-state index contributed by atoms with van der Waals surface area (Å²) in [5, 5.41) is 9.06. The molecule has 0 unspecified atom stereocenters. The summed E-state index contributed by atoms with van der Waals surface area (Å²) in [6, 6.07) is 12.3. The zero-order chi connectivity index (χ0) is 13.9. The normalized spacial score (nSPS) is 14.2. The molecule has 4 heteroatoms. The van der Waals surface area contributed by atoms with E-state index in [1.165, 1.54) is 11.1 Å². The van der Waals surface area contributed by atoms with Crippen LogP contribution in [-0.4, -0.2) is 18.1 Å². The molecule has 2 aromatic rings. The molecule has 3 rings (SSSR count). The van der Waals surface area contributed by atoms with E-state index in [1.807, 2.05) is 0 Å². The molecule has 1 aromatic heterocycles. The summed E-state index contributed by atoms with van der Waals surface area (Å²) in [4.78, 5) is 6.54. The first-order valence-corrected chi connectivity index (χ1v) is 6.76. The number of nitrogen functional groups attached to an aromatic ring is 1. The number of benzene rings is 1. The van der Waals surface area contributed by atoms with Crippen LogP contribution in [0.25, 0.3) is 0 Å². The zero-order valence-electron chi connectivity index (χ0n) is 11.2. The van der Waals surface area contributed by atoms with Crippen molar-refractivity contribution < 1.29 is 0 Å². The van der Waals surface area contributed by atoms with Crippen LogP contribution in [-0.2, 0) is 12.8 Å². The predicted octanol–water partition coefficient (Wildman–Crippen LogP) is 2.14. The van der Waals surface area contributed by atoms with Crippen LogP contribution in [0.1, 0.15) is 16.7 Å². The van der Waals surface area contributed by atoms with Gasteiger partial charge in [0.1, 0.15) is 6.07 Å². The number of nitrogens with zero attached hydrogens (tertiary/aromatic N) is 3. The average Bonchev–Trinajstić information content (AvgIpc) is 2.70. The fraction of sp³-hybridized carbons (Fsp3) is 0.250. The first-order chi connectivity index (χ1) is 9.79. The minimum Gasteiger partial charge on any atom is -0.395 e. The summed E-state index contributed by atoms with van der Waals surface area (Å²) < 4.78 is 0. The summed E-state index contributed by atoms with van der Waals surface area (Å²) in [7, 11) is 0. The number of hydrogen-bond donors (Lipinski definition) is 1. The lowest BCUT2D eigenvalue weighted by atomic mass is 10.0. The van der Waals surface area contributed by atoms with Crippen molar-refractivity contribution in [2.45, 2.75) is 12.8 Å². The number of anilines is 2. The quantitative estimate of drug-likeness (QED) is 0.857. The van der Waals surface area contributed by atoms with Gasteiger partial charge in [0.05, 0.1) is 11.3 Å². The van der Waals surface area contributed by atoms with E-state index >= 15 is 0 Å². The highest BCUT2D eigenvalue weighted by molar-refractivity contribution is 5.70. The van der Waals surface area contributed by atoms with Crippen LogP contribution < -0.4 is 10.6 Å². The Morgan fingerprint density at radius 3 is 2.35 bits per heavy atom. The number of nitriles is 1. The molecule has 0 amide bonds. The second-order valence-corrected chi connectivity index (χ2v) is 4.96. The Balaban J connectivity index is 1.89. The van der Waals surface area contributed by atoms with Gasteiger partial charge in [0.25, 0.3) is 0 Å². The molecule has 0 saturated heterocycles. The summed E-state index contributed by atoms with van der Waals surface area (Å²) in [5.74, 6) is 0.733. The Kier molecular flexibility index (Phi) is 3.26. The first kappa shape index (κ1) is 12.5. The molecule has 100 valence electrons. The van der Waals surface area contributed by atoms with Crippen molar-refractivity contribution in [2.75, 3.05) is 23.7 Å².